The maximum Gasteiger partial charge on any atom is 0.191 e. The molecule has 18 heavy (non-hydrogen) atoms. The van der Waals surface area contributed by atoms with Crippen LogP contribution in [-0.4, -0.2) is 55.0 Å². The molecule has 0 atom stereocenters. The van der Waals surface area contributed by atoms with Crippen molar-refractivity contribution in [3.8, 4) is 0 Å². The molecule has 0 saturated heterocycles. The van der Waals surface area contributed by atoms with Gasteiger partial charge in [-0.3, -0.25) is 4.99 Å². The number of hydrogen-bond donors (Lipinski definition) is 1. The van der Waals surface area contributed by atoms with Gasteiger partial charge in [0.15, 0.2) is 5.96 Å². The molecule has 0 unspecified atom stereocenters. The molecule has 0 bridgehead atoms. The Morgan fingerprint density at radius 2 is 1.67 bits per heavy atom. The quantitative estimate of drug-likeness (QED) is 0.507. The van der Waals surface area contributed by atoms with Gasteiger partial charge in [0.1, 0.15) is 0 Å². The average molecular weight is 256 g/mol. The molecule has 0 aromatic carbocycles. The van der Waals surface area contributed by atoms with E-state index in [1.165, 1.54) is 0 Å². The molecule has 0 fully saturated rings. The fraction of sp³-hybridized carbons (Fsp3) is 0.929. The highest BCUT2D eigenvalue weighted by atomic mass is 15.2. The van der Waals surface area contributed by atoms with Crippen LogP contribution < -0.4 is 5.73 Å². The minimum Gasteiger partial charge on any atom is -0.370 e. The maximum absolute atomic E-state index is 6.02. The molecular weight excluding hydrogens is 224 g/mol. The smallest absolute Gasteiger partial charge is 0.191 e. The van der Waals surface area contributed by atoms with Crippen molar-refractivity contribution < 1.29 is 0 Å². The summed E-state index contributed by atoms with van der Waals surface area (Å²) in [6.45, 7) is 17.0. The monoisotopic (exact) mass is 256 g/mol. The van der Waals surface area contributed by atoms with E-state index >= 15 is 0 Å². The predicted molar refractivity (Wildman–Crippen MR) is 81.0 cm³/mol. The number of nitrogens with two attached hydrogens (primary N) is 1. The van der Waals surface area contributed by atoms with Crippen LogP contribution in [0.1, 0.15) is 41.0 Å². The molecule has 0 aromatic rings. The van der Waals surface area contributed by atoms with E-state index in [-0.39, 0.29) is 0 Å². The third-order valence-electron chi connectivity index (χ3n) is 3.12. The van der Waals surface area contributed by atoms with Crippen LogP contribution in [0, 0.1) is 5.92 Å². The molecule has 0 aliphatic heterocycles. The van der Waals surface area contributed by atoms with E-state index in [4.69, 9.17) is 5.73 Å². The Hall–Kier alpha value is -0.770. The van der Waals surface area contributed by atoms with Crippen molar-refractivity contribution >= 4 is 5.96 Å². The first kappa shape index (κ1) is 17.2. The topological polar surface area (TPSA) is 44.9 Å². The molecule has 0 heterocycles. The molecule has 0 radical (unpaired) electrons. The SMILES string of the molecule is CCN(CC)CCCN(CC)C(N)=NCC(C)C. The Kier molecular flexibility index (Phi) is 9.74. The number of guanidine groups is 1. The molecule has 4 heteroatoms. The zero-order chi connectivity index (χ0) is 14.0. The van der Waals surface area contributed by atoms with E-state index in [9.17, 15) is 0 Å². The minimum atomic E-state index is 0.568. The molecule has 2 N–H and O–H groups in total. The summed E-state index contributed by atoms with van der Waals surface area (Å²) in [5, 5.41) is 0. The number of rotatable bonds is 9. The Morgan fingerprint density at radius 3 is 2.11 bits per heavy atom. The summed E-state index contributed by atoms with van der Waals surface area (Å²) >= 11 is 0. The van der Waals surface area contributed by atoms with Crippen molar-refractivity contribution in [2.75, 3.05) is 39.3 Å². The largest absolute Gasteiger partial charge is 0.370 e. The van der Waals surface area contributed by atoms with Gasteiger partial charge in [-0.05, 0) is 38.9 Å². The zero-order valence-corrected chi connectivity index (χ0v) is 12.9. The van der Waals surface area contributed by atoms with Crippen molar-refractivity contribution in [3.63, 3.8) is 0 Å². The highest BCUT2D eigenvalue weighted by Crippen LogP contribution is 1.97. The molecule has 0 saturated carbocycles. The first-order valence-electron chi connectivity index (χ1n) is 7.32. The summed E-state index contributed by atoms with van der Waals surface area (Å²) < 4.78 is 0. The van der Waals surface area contributed by atoms with Gasteiger partial charge < -0.3 is 15.5 Å². The van der Waals surface area contributed by atoms with Gasteiger partial charge in [0.05, 0.1) is 0 Å². The summed E-state index contributed by atoms with van der Waals surface area (Å²) in [6.07, 6.45) is 1.15. The summed E-state index contributed by atoms with van der Waals surface area (Å²) in [6, 6.07) is 0. The lowest BCUT2D eigenvalue weighted by molar-refractivity contribution is 0.283. The fourth-order valence-electron chi connectivity index (χ4n) is 1.84. The van der Waals surface area contributed by atoms with Gasteiger partial charge in [0.2, 0.25) is 0 Å². The molecule has 0 aliphatic rings. The normalized spacial score (nSPS) is 12.5. The lowest BCUT2D eigenvalue weighted by Crippen LogP contribution is -2.39. The van der Waals surface area contributed by atoms with E-state index in [1.807, 2.05) is 0 Å². The Morgan fingerprint density at radius 1 is 1.06 bits per heavy atom. The summed E-state index contributed by atoms with van der Waals surface area (Å²) in [7, 11) is 0. The zero-order valence-electron chi connectivity index (χ0n) is 12.9. The maximum atomic E-state index is 6.02. The molecule has 0 rings (SSSR count). The Labute approximate surface area is 113 Å². The number of aliphatic imine (C=N–C) groups is 1. The van der Waals surface area contributed by atoms with E-state index in [2.05, 4.69) is 49.4 Å². The van der Waals surface area contributed by atoms with Crippen molar-refractivity contribution in [2.24, 2.45) is 16.6 Å². The van der Waals surface area contributed by atoms with Crippen molar-refractivity contribution in [3.05, 3.63) is 0 Å². The Bertz CT molecular complexity index is 222. The second-order valence-corrected chi connectivity index (χ2v) is 5.05. The number of nitrogens with zero attached hydrogens (tertiary/aromatic N) is 3. The summed E-state index contributed by atoms with van der Waals surface area (Å²) in [5.41, 5.74) is 6.02. The van der Waals surface area contributed by atoms with E-state index in [0.717, 1.165) is 45.7 Å². The van der Waals surface area contributed by atoms with Gasteiger partial charge in [0, 0.05) is 19.6 Å². The van der Waals surface area contributed by atoms with Crippen LogP contribution in [0.5, 0.6) is 0 Å². The molecule has 4 nitrogen and oxygen atoms in total. The fourth-order valence-corrected chi connectivity index (χ4v) is 1.84. The van der Waals surface area contributed by atoms with Crippen LogP contribution in [0.15, 0.2) is 4.99 Å². The van der Waals surface area contributed by atoms with E-state index in [0.29, 0.717) is 11.9 Å². The third-order valence-corrected chi connectivity index (χ3v) is 3.12. The van der Waals surface area contributed by atoms with Gasteiger partial charge in [-0.25, -0.2) is 0 Å². The second-order valence-electron chi connectivity index (χ2n) is 5.05. The lowest BCUT2D eigenvalue weighted by atomic mass is 10.2. The highest BCUT2D eigenvalue weighted by molar-refractivity contribution is 5.78. The van der Waals surface area contributed by atoms with Crippen LogP contribution in [0.3, 0.4) is 0 Å². The van der Waals surface area contributed by atoms with Crippen LogP contribution >= 0.6 is 0 Å². The van der Waals surface area contributed by atoms with Crippen LogP contribution in [0.4, 0.5) is 0 Å². The minimum absolute atomic E-state index is 0.568. The van der Waals surface area contributed by atoms with Gasteiger partial charge >= 0.3 is 0 Å². The first-order chi connectivity index (χ1) is 8.54. The van der Waals surface area contributed by atoms with Crippen LogP contribution in [-0.2, 0) is 0 Å². The highest BCUT2D eigenvalue weighted by Gasteiger charge is 2.06. The Balaban J connectivity index is 4.06. The predicted octanol–water partition coefficient (Wildman–Crippen LogP) is 2.01. The van der Waals surface area contributed by atoms with Gasteiger partial charge in [-0.1, -0.05) is 27.7 Å². The molecule has 108 valence electrons. The van der Waals surface area contributed by atoms with Gasteiger partial charge in [-0.2, -0.15) is 0 Å². The molecule has 0 amide bonds. The first-order valence-corrected chi connectivity index (χ1v) is 7.32. The van der Waals surface area contributed by atoms with E-state index < -0.39 is 0 Å². The average Bonchev–Trinajstić information content (AvgIpc) is 2.36. The third kappa shape index (κ3) is 7.54. The summed E-state index contributed by atoms with van der Waals surface area (Å²) in [4.78, 5) is 9.05. The van der Waals surface area contributed by atoms with E-state index in [1.54, 1.807) is 0 Å². The molecule has 0 aliphatic carbocycles. The van der Waals surface area contributed by atoms with Gasteiger partial charge in [0.25, 0.3) is 0 Å². The van der Waals surface area contributed by atoms with Crippen molar-refractivity contribution in [2.45, 2.75) is 41.0 Å². The summed E-state index contributed by atoms with van der Waals surface area (Å²) in [5.74, 6) is 1.27. The number of hydrogen-bond acceptors (Lipinski definition) is 2. The van der Waals surface area contributed by atoms with Gasteiger partial charge in [-0.15, -0.1) is 0 Å². The molecular formula is C14H32N4. The van der Waals surface area contributed by atoms with Crippen LogP contribution in [0.25, 0.3) is 0 Å². The van der Waals surface area contributed by atoms with Crippen molar-refractivity contribution in [1.29, 1.82) is 0 Å². The standard InChI is InChI=1S/C14H32N4/c1-6-17(7-2)10-9-11-18(8-3)14(15)16-12-13(4)5/h13H,6-12H2,1-5H3,(H2,15,16). The molecule has 0 spiro atoms. The lowest BCUT2D eigenvalue weighted by Gasteiger charge is -2.24. The molecule has 0 aromatic heterocycles. The second kappa shape index (κ2) is 10.2. The van der Waals surface area contributed by atoms with Crippen LogP contribution in [0.2, 0.25) is 0 Å². The van der Waals surface area contributed by atoms with Crippen molar-refractivity contribution in [1.82, 2.24) is 9.80 Å².